The van der Waals surface area contributed by atoms with Crippen molar-refractivity contribution in [2.24, 2.45) is 0 Å². The Hall–Kier alpha value is -1.88. The van der Waals surface area contributed by atoms with Crippen LogP contribution in [0.3, 0.4) is 0 Å². The van der Waals surface area contributed by atoms with Gasteiger partial charge >= 0.3 is 0 Å². The molecule has 2 rings (SSSR count). The van der Waals surface area contributed by atoms with Crippen molar-refractivity contribution in [3.05, 3.63) is 45.4 Å². The molecule has 5 heteroatoms. The van der Waals surface area contributed by atoms with Crippen LogP contribution in [0.5, 0.6) is 5.75 Å². The normalized spacial score (nSPS) is 10.7. The van der Waals surface area contributed by atoms with E-state index in [-0.39, 0.29) is 5.91 Å². The Bertz CT molecular complexity index is 618. The largest absolute Gasteiger partial charge is 0.497 e. The number of rotatable bonds is 5. The lowest BCUT2D eigenvalue weighted by Gasteiger charge is -2.05. The van der Waals surface area contributed by atoms with Crippen molar-refractivity contribution in [2.75, 3.05) is 7.11 Å². The minimum atomic E-state index is -0.0623. The van der Waals surface area contributed by atoms with Gasteiger partial charge in [-0.05, 0) is 24.6 Å². The van der Waals surface area contributed by atoms with Gasteiger partial charge in [-0.3, -0.25) is 4.79 Å². The third-order valence-corrected chi connectivity index (χ3v) is 4.58. The van der Waals surface area contributed by atoms with E-state index >= 15 is 0 Å². The first-order valence-electron chi connectivity index (χ1n) is 6.89. The number of aryl methyl sites for hydroxylation is 1. The van der Waals surface area contributed by atoms with Crippen molar-refractivity contribution in [2.45, 2.75) is 33.2 Å². The van der Waals surface area contributed by atoms with Gasteiger partial charge in [-0.25, -0.2) is 4.98 Å². The standard InChI is InChI=1S/C16H20N2O2S/c1-10(2)16-18-11(3)14(21-16)15(19)17-9-12-5-7-13(20-4)8-6-12/h5-8,10H,9H2,1-4H3,(H,17,19). The molecule has 4 nitrogen and oxygen atoms in total. The second kappa shape index (κ2) is 6.72. The third-order valence-electron chi connectivity index (χ3n) is 3.13. The van der Waals surface area contributed by atoms with E-state index in [9.17, 15) is 4.79 Å². The summed E-state index contributed by atoms with van der Waals surface area (Å²) in [6.45, 7) is 6.54. The molecule has 0 bridgehead atoms. The lowest BCUT2D eigenvalue weighted by molar-refractivity contribution is 0.0954. The van der Waals surface area contributed by atoms with Gasteiger partial charge < -0.3 is 10.1 Å². The maximum Gasteiger partial charge on any atom is 0.263 e. The predicted molar refractivity (Wildman–Crippen MR) is 85.1 cm³/mol. The van der Waals surface area contributed by atoms with Crippen molar-refractivity contribution < 1.29 is 9.53 Å². The number of hydrogen-bond donors (Lipinski definition) is 1. The number of benzene rings is 1. The average Bonchev–Trinajstić information content (AvgIpc) is 2.87. The Morgan fingerprint density at radius 1 is 1.33 bits per heavy atom. The second-order valence-electron chi connectivity index (χ2n) is 5.15. The van der Waals surface area contributed by atoms with Crippen LogP contribution in [0.15, 0.2) is 24.3 Å². The number of amides is 1. The molecule has 0 saturated heterocycles. The molecule has 1 aromatic heterocycles. The van der Waals surface area contributed by atoms with Crippen LogP contribution in [0.2, 0.25) is 0 Å². The fourth-order valence-electron chi connectivity index (χ4n) is 1.88. The molecule has 0 aliphatic carbocycles. The first-order chi connectivity index (χ1) is 10.0. The molecule has 0 atom stereocenters. The molecular weight excluding hydrogens is 284 g/mol. The van der Waals surface area contributed by atoms with Gasteiger partial charge in [0.15, 0.2) is 0 Å². The van der Waals surface area contributed by atoms with Gasteiger partial charge in [0.25, 0.3) is 5.91 Å². The van der Waals surface area contributed by atoms with Crippen LogP contribution < -0.4 is 10.1 Å². The van der Waals surface area contributed by atoms with E-state index in [0.717, 1.165) is 22.0 Å². The molecular formula is C16H20N2O2S. The Balaban J connectivity index is 2.01. The lowest BCUT2D eigenvalue weighted by atomic mass is 10.2. The molecule has 1 heterocycles. The number of ether oxygens (including phenoxy) is 1. The van der Waals surface area contributed by atoms with Gasteiger partial charge in [-0.2, -0.15) is 0 Å². The Morgan fingerprint density at radius 2 is 2.00 bits per heavy atom. The molecule has 1 amide bonds. The summed E-state index contributed by atoms with van der Waals surface area (Å²) in [5.74, 6) is 1.09. The summed E-state index contributed by atoms with van der Waals surface area (Å²) < 4.78 is 5.11. The Kier molecular flexibility index (Phi) is 4.96. The second-order valence-corrected chi connectivity index (χ2v) is 6.18. The van der Waals surface area contributed by atoms with E-state index in [1.807, 2.05) is 31.2 Å². The van der Waals surface area contributed by atoms with Gasteiger partial charge in [-0.15, -0.1) is 11.3 Å². The third kappa shape index (κ3) is 3.82. The Morgan fingerprint density at radius 3 is 2.52 bits per heavy atom. The number of nitrogens with zero attached hydrogens (tertiary/aromatic N) is 1. The monoisotopic (exact) mass is 304 g/mol. The zero-order valence-corrected chi connectivity index (χ0v) is 13.6. The first-order valence-corrected chi connectivity index (χ1v) is 7.71. The number of aromatic nitrogens is 1. The topological polar surface area (TPSA) is 51.2 Å². The molecule has 0 spiro atoms. The molecule has 2 aromatic rings. The van der Waals surface area contributed by atoms with Gasteiger partial charge in [0, 0.05) is 12.5 Å². The summed E-state index contributed by atoms with van der Waals surface area (Å²) in [4.78, 5) is 17.4. The average molecular weight is 304 g/mol. The van der Waals surface area contributed by atoms with E-state index in [1.54, 1.807) is 7.11 Å². The summed E-state index contributed by atoms with van der Waals surface area (Å²) in [6.07, 6.45) is 0. The van der Waals surface area contributed by atoms with E-state index in [1.165, 1.54) is 11.3 Å². The zero-order valence-electron chi connectivity index (χ0n) is 12.8. The highest BCUT2D eigenvalue weighted by atomic mass is 32.1. The molecule has 0 radical (unpaired) electrons. The van der Waals surface area contributed by atoms with Gasteiger partial charge in [-0.1, -0.05) is 26.0 Å². The van der Waals surface area contributed by atoms with E-state index in [2.05, 4.69) is 24.1 Å². The first kappa shape index (κ1) is 15.5. The number of carbonyl (C=O) groups is 1. The predicted octanol–water partition coefficient (Wildman–Crippen LogP) is 3.51. The number of nitrogens with one attached hydrogen (secondary N) is 1. The molecule has 0 saturated carbocycles. The molecule has 0 aliphatic heterocycles. The summed E-state index contributed by atoms with van der Waals surface area (Å²) in [5.41, 5.74) is 1.84. The van der Waals surface area contributed by atoms with Crippen molar-refractivity contribution in [1.82, 2.24) is 10.3 Å². The highest BCUT2D eigenvalue weighted by Crippen LogP contribution is 2.24. The molecule has 0 fully saturated rings. The fraction of sp³-hybridized carbons (Fsp3) is 0.375. The highest BCUT2D eigenvalue weighted by Gasteiger charge is 2.16. The smallest absolute Gasteiger partial charge is 0.263 e. The van der Waals surface area contributed by atoms with Crippen LogP contribution >= 0.6 is 11.3 Å². The summed E-state index contributed by atoms with van der Waals surface area (Å²) in [6, 6.07) is 7.66. The molecule has 1 aromatic carbocycles. The maximum absolute atomic E-state index is 12.2. The van der Waals surface area contributed by atoms with E-state index < -0.39 is 0 Å². The lowest BCUT2D eigenvalue weighted by Crippen LogP contribution is -2.22. The molecule has 1 N–H and O–H groups in total. The number of methoxy groups -OCH3 is 1. The van der Waals surface area contributed by atoms with Gasteiger partial charge in [0.2, 0.25) is 0 Å². The van der Waals surface area contributed by atoms with Crippen molar-refractivity contribution in [1.29, 1.82) is 0 Å². The fourth-order valence-corrected chi connectivity index (χ4v) is 2.87. The maximum atomic E-state index is 12.2. The number of hydrogen-bond acceptors (Lipinski definition) is 4. The van der Waals surface area contributed by atoms with Crippen LogP contribution in [-0.4, -0.2) is 18.0 Å². The van der Waals surface area contributed by atoms with Crippen LogP contribution in [0.1, 0.15) is 45.7 Å². The molecule has 21 heavy (non-hydrogen) atoms. The summed E-state index contributed by atoms with van der Waals surface area (Å²) >= 11 is 1.47. The minimum absolute atomic E-state index is 0.0623. The van der Waals surface area contributed by atoms with Crippen LogP contribution in [0, 0.1) is 6.92 Å². The molecule has 0 unspecified atom stereocenters. The van der Waals surface area contributed by atoms with Crippen LogP contribution in [0.25, 0.3) is 0 Å². The van der Waals surface area contributed by atoms with E-state index in [4.69, 9.17) is 4.74 Å². The van der Waals surface area contributed by atoms with Crippen LogP contribution in [0.4, 0.5) is 0 Å². The van der Waals surface area contributed by atoms with Crippen molar-refractivity contribution in [3.8, 4) is 5.75 Å². The van der Waals surface area contributed by atoms with Gasteiger partial charge in [0.1, 0.15) is 10.6 Å². The van der Waals surface area contributed by atoms with E-state index in [0.29, 0.717) is 17.3 Å². The van der Waals surface area contributed by atoms with Crippen LogP contribution in [-0.2, 0) is 6.54 Å². The summed E-state index contributed by atoms with van der Waals surface area (Å²) in [7, 11) is 1.63. The van der Waals surface area contributed by atoms with Crippen molar-refractivity contribution >= 4 is 17.2 Å². The minimum Gasteiger partial charge on any atom is -0.497 e. The molecule has 0 aliphatic rings. The van der Waals surface area contributed by atoms with Crippen molar-refractivity contribution in [3.63, 3.8) is 0 Å². The SMILES string of the molecule is COc1ccc(CNC(=O)c2sc(C(C)C)nc2C)cc1. The zero-order chi connectivity index (χ0) is 15.4. The number of carbonyl (C=O) groups excluding carboxylic acids is 1. The number of thiazole rings is 1. The summed E-state index contributed by atoms with van der Waals surface area (Å²) in [5, 5.41) is 3.94. The van der Waals surface area contributed by atoms with Gasteiger partial charge in [0.05, 0.1) is 17.8 Å². The highest BCUT2D eigenvalue weighted by molar-refractivity contribution is 7.13. The molecule has 112 valence electrons. The quantitative estimate of drug-likeness (QED) is 0.919. The Labute approximate surface area is 129 Å².